The monoisotopic (exact) mass is 696 g/mol. The third-order valence-electron chi connectivity index (χ3n) is 10.3. The predicted molar refractivity (Wildman–Crippen MR) is 215 cm³/mol. The summed E-state index contributed by atoms with van der Waals surface area (Å²) < 4.78 is 0. The van der Waals surface area contributed by atoms with E-state index in [2.05, 4.69) is 140 Å². The summed E-state index contributed by atoms with van der Waals surface area (Å²) in [5.74, 6) is 0.938. The molecule has 0 aliphatic heterocycles. The van der Waals surface area contributed by atoms with E-state index < -0.39 is 0 Å². The van der Waals surface area contributed by atoms with E-state index in [1.54, 1.807) is 22.3 Å². The van der Waals surface area contributed by atoms with Gasteiger partial charge in [0.05, 0.1) is 0 Å². The van der Waals surface area contributed by atoms with Crippen LogP contribution in [0.4, 0.5) is 0 Å². The van der Waals surface area contributed by atoms with Crippen molar-refractivity contribution in [3.63, 3.8) is 0 Å². The van der Waals surface area contributed by atoms with Crippen LogP contribution in [0.2, 0.25) is 0 Å². The zero-order valence-electron chi connectivity index (χ0n) is 28.9. The molecule has 0 saturated carbocycles. The number of benzene rings is 3. The van der Waals surface area contributed by atoms with Gasteiger partial charge < -0.3 is 0 Å². The molecule has 4 heterocycles. The van der Waals surface area contributed by atoms with Crippen LogP contribution in [0.25, 0.3) is 51.5 Å². The van der Waals surface area contributed by atoms with Crippen molar-refractivity contribution >= 4 is 45.3 Å². The van der Waals surface area contributed by atoms with Crippen molar-refractivity contribution in [1.82, 2.24) is 0 Å². The lowest BCUT2D eigenvalue weighted by molar-refractivity contribution is 0.926. The minimum Gasteiger partial charge on any atom is -0.141 e. The lowest BCUT2D eigenvalue weighted by Crippen LogP contribution is -2.01. The molecule has 48 heavy (non-hydrogen) atoms. The first kappa shape index (κ1) is 31.7. The highest BCUT2D eigenvalue weighted by molar-refractivity contribution is 7.25. The fourth-order valence-electron chi connectivity index (χ4n) is 7.77. The highest BCUT2D eigenvalue weighted by Gasteiger charge is 2.39. The molecule has 0 saturated heterocycles. The van der Waals surface area contributed by atoms with Gasteiger partial charge in [0.25, 0.3) is 0 Å². The Morgan fingerprint density at radius 2 is 0.896 bits per heavy atom. The molecule has 0 fully saturated rings. The minimum atomic E-state index is 0.450. The third kappa shape index (κ3) is 5.20. The zero-order chi connectivity index (χ0) is 33.4. The van der Waals surface area contributed by atoms with Crippen molar-refractivity contribution < 1.29 is 0 Å². The van der Waals surface area contributed by atoms with E-state index in [0.29, 0.717) is 11.8 Å². The van der Waals surface area contributed by atoms with Crippen LogP contribution in [0.3, 0.4) is 0 Å². The van der Waals surface area contributed by atoms with E-state index in [1.807, 2.05) is 45.3 Å². The first-order valence-electron chi connectivity index (χ1n) is 16.8. The van der Waals surface area contributed by atoms with Crippen LogP contribution in [0.15, 0.2) is 84.9 Å². The lowest BCUT2D eigenvalue weighted by Gasteiger charge is -2.20. The lowest BCUT2D eigenvalue weighted by atomic mass is 9.85. The average molecular weight is 697 g/mol. The molecule has 240 valence electrons. The van der Waals surface area contributed by atoms with E-state index >= 15 is 0 Å². The molecular formula is C44H40S4. The van der Waals surface area contributed by atoms with Crippen molar-refractivity contribution in [1.29, 1.82) is 0 Å². The van der Waals surface area contributed by atoms with Crippen molar-refractivity contribution in [3.8, 4) is 51.5 Å². The molecule has 2 unspecified atom stereocenters. The summed E-state index contributed by atoms with van der Waals surface area (Å²) in [6.07, 6.45) is 0. The molecular weight excluding hydrogens is 657 g/mol. The Bertz CT molecular complexity index is 2310. The zero-order valence-corrected chi connectivity index (χ0v) is 32.1. The number of thiophene rings is 4. The number of rotatable bonds is 3. The topological polar surface area (TPSA) is 0 Å². The van der Waals surface area contributed by atoms with E-state index in [4.69, 9.17) is 0 Å². The van der Waals surface area contributed by atoms with Crippen molar-refractivity contribution in [2.75, 3.05) is 0 Å². The Kier molecular flexibility index (Phi) is 8.00. The van der Waals surface area contributed by atoms with Gasteiger partial charge in [0.2, 0.25) is 0 Å². The molecule has 3 aromatic carbocycles. The normalized spacial score (nSPS) is 15.5. The highest BCUT2D eigenvalue weighted by Crippen LogP contribution is 2.60. The molecule has 4 aromatic heterocycles. The summed E-state index contributed by atoms with van der Waals surface area (Å²) in [7, 11) is 0. The Hall–Kier alpha value is -3.54. The van der Waals surface area contributed by atoms with Crippen LogP contribution in [0.1, 0.15) is 79.9 Å². The van der Waals surface area contributed by atoms with Gasteiger partial charge in [0.1, 0.15) is 0 Å². The van der Waals surface area contributed by atoms with Gasteiger partial charge in [-0.2, -0.15) is 0 Å². The van der Waals surface area contributed by atoms with Gasteiger partial charge in [0, 0.05) is 50.9 Å². The van der Waals surface area contributed by atoms with Crippen molar-refractivity contribution in [2.24, 2.45) is 0 Å². The number of aryl methyl sites for hydroxylation is 4. The number of hydrogen-bond donors (Lipinski definition) is 0. The average Bonchev–Trinajstić information content (AvgIpc) is 3.91. The molecule has 2 aliphatic rings. The summed E-state index contributed by atoms with van der Waals surface area (Å²) in [5.41, 5.74) is 17.6. The number of fused-ring (bicyclic) bond motifs is 6. The first-order valence-corrected chi connectivity index (χ1v) is 20.1. The van der Waals surface area contributed by atoms with Crippen LogP contribution in [0.5, 0.6) is 0 Å². The maximum atomic E-state index is 2.49. The maximum absolute atomic E-state index is 2.49. The summed E-state index contributed by atoms with van der Waals surface area (Å²) in [5, 5.41) is 0. The molecule has 2 aliphatic carbocycles. The van der Waals surface area contributed by atoms with E-state index in [-0.39, 0.29) is 0 Å². The quantitative estimate of drug-likeness (QED) is 0.172. The SMILES string of the molecule is Cc1ccc(-c2ccc(-c3cc4c(s3)-c3c(C)c5c(c(C)c3C4C)-c3sc(C)cc3C5C)s2)cc1.Cc1ccc(-c2ccc(C)s2)cc1. The van der Waals surface area contributed by atoms with E-state index in [1.165, 1.54) is 83.5 Å². The fraction of sp³-hybridized carbons (Fsp3) is 0.227. The standard InChI is InChI=1S/C32H28S3.C12H12S/c1-15-7-9-21(10-8-15)24-11-12-25(34-24)26-14-23-18(4)28-19(5)29-27(20(6)30(28)32(23)35-26)17(3)22-13-16(2)33-31(22)29;1-9-3-6-11(7-4-9)12-8-5-10(2)13-12/h7-14,17-18H,1-6H3;3-8H,1-2H3. The van der Waals surface area contributed by atoms with Crippen molar-refractivity contribution in [2.45, 2.75) is 67.2 Å². The van der Waals surface area contributed by atoms with Crippen LogP contribution in [0, 0.1) is 41.5 Å². The summed E-state index contributed by atoms with van der Waals surface area (Å²) >= 11 is 7.75. The minimum absolute atomic E-state index is 0.450. The summed E-state index contributed by atoms with van der Waals surface area (Å²) in [6.45, 7) is 18.3. The predicted octanol–water partition coefficient (Wildman–Crippen LogP) is 14.7. The molecule has 9 rings (SSSR count). The fourth-order valence-corrected chi connectivity index (χ4v) is 12.3. The second kappa shape index (κ2) is 12.1. The molecule has 0 amide bonds. The molecule has 0 N–H and O–H groups in total. The Morgan fingerprint density at radius 1 is 0.417 bits per heavy atom. The molecule has 0 bridgehead atoms. The second-order valence-corrected chi connectivity index (χ2v) is 18.3. The molecule has 0 nitrogen and oxygen atoms in total. The third-order valence-corrected chi connectivity index (χ3v) is 14.9. The van der Waals surface area contributed by atoms with Crippen LogP contribution in [-0.4, -0.2) is 0 Å². The Morgan fingerprint density at radius 3 is 1.44 bits per heavy atom. The molecule has 0 radical (unpaired) electrons. The van der Waals surface area contributed by atoms with Gasteiger partial charge in [0.15, 0.2) is 0 Å². The summed E-state index contributed by atoms with van der Waals surface area (Å²) in [4.78, 5) is 11.3. The van der Waals surface area contributed by atoms with E-state index in [9.17, 15) is 0 Å². The van der Waals surface area contributed by atoms with Gasteiger partial charge in [-0.3, -0.25) is 0 Å². The van der Waals surface area contributed by atoms with Gasteiger partial charge in [-0.25, -0.2) is 0 Å². The molecule has 2 atom stereocenters. The highest BCUT2D eigenvalue weighted by atomic mass is 32.1. The van der Waals surface area contributed by atoms with Gasteiger partial charge >= 0.3 is 0 Å². The number of hydrogen-bond acceptors (Lipinski definition) is 4. The maximum Gasteiger partial charge on any atom is 0.0452 e. The van der Waals surface area contributed by atoms with Crippen LogP contribution >= 0.6 is 45.3 Å². The van der Waals surface area contributed by atoms with Gasteiger partial charge in [-0.15, -0.1) is 45.3 Å². The largest absolute Gasteiger partial charge is 0.141 e. The van der Waals surface area contributed by atoms with E-state index in [0.717, 1.165) is 0 Å². The Labute approximate surface area is 301 Å². The van der Waals surface area contributed by atoms with Crippen LogP contribution in [-0.2, 0) is 0 Å². The molecule has 7 aromatic rings. The smallest absolute Gasteiger partial charge is 0.0452 e. The first-order chi connectivity index (χ1) is 23.1. The second-order valence-electron chi connectivity index (χ2n) is 13.6. The summed E-state index contributed by atoms with van der Waals surface area (Å²) in [6, 6.07) is 31.4. The molecule has 0 spiro atoms. The molecule has 4 heteroatoms. The Balaban J connectivity index is 0.000000217. The van der Waals surface area contributed by atoms with Crippen LogP contribution < -0.4 is 0 Å². The van der Waals surface area contributed by atoms with Gasteiger partial charge in [-0.1, -0.05) is 73.5 Å². The van der Waals surface area contributed by atoms with Crippen molar-refractivity contribution in [3.05, 3.63) is 139 Å². The van der Waals surface area contributed by atoms with Gasteiger partial charge in [-0.05, 0) is 134 Å².